The number of benzene rings is 1. The van der Waals surface area contributed by atoms with Gasteiger partial charge in [0.1, 0.15) is 0 Å². The van der Waals surface area contributed by atoms with E-state index in [0.29, 0.717) is 25.2 Å². The fourth-order valence-corrected chi connectivity index (χ4v) is 5.24. The predicted octanol–water partition coefficient (Wildman–Crippen LogP) is 1.03. The Kier molecular flexibility index (Phi) is 6.70. The maximum Gasteiger partial charge on any atom is 0.243 e. The predicted molar refractivity (Wildman–Crippen MR) is 116 cm³/mol. The Hall–Kier alpha value is -2.46. The second-order valence-corrected chi connectivity index (χ2v) is 11.0. The molecule has 10 heteroatoms. The molecule has 0 aliphatic carbocycles. The summed E-state index contributed by atoms with van der Waals surface area (Å²) in [6.45, 7) is 6.80. The van der Waals surface area contributed by atoms with Crippen LogP contribution >= 0.6 is 0 Å². The van der Waals surface area contributed by atoms with E-state index >= 15 is 0 Å². The highest BCUT2D eigenvalue weighted by Crippen LogP contribution is 2.25. The zero-order chi connectivity index (χ0) is 22.8. The second kappa shape index (κ2) is 8.96. The summed E-state index contributed by atoms with van der Waals surface area (Å²) in [7, 11) is -3.85. The molecular weight excluding hydrogens is 420 g/mol. The van der Waals surface area contributed by atoms with E-state index in [0.717, 1.165) is 10.7 Å². The summed E-state index contributed by atoms with van der Waals surface area (Å²) in [6.07, 6.45) is 1.41. The molecule has 0 spiro atoms. The fraction of sp³-hybridized carbons (Fsp3) is 0.571. The minimum absolute atomic E-state index is 0.0173. The van der Waals surface area contributed by atoms with Crippen LogP contribution in [0.4, 0.5) is 5.69 Å². The number of anilines is 1. The van der Waals surface area contributed by atoms with Crippen LogP contribution in [0.3, 0.4) is 0 Å². The largest absolute Gasteiger partial charge is 0.354 e. The number of sulfonamides is 1. The van der Waals surface area contributed by atoms with Gasteiger partial charge in [-0.3, -0.25) is 14.4 Å². The molecule has 1 atom stereocenters. The van der Waals surface area contributed by atoms with Crippen molar-refractivity contribution in [2.45, 2.75) is 38.5 Å². The van der Waals surface area contributed by atoms with Crippen molar-refractivity contribution in [3.05, 3.63) is 24.3 Å². The summed E-state index contributed by atoms with van der Waals surface area (Å²) in [5.74, 6) is -0.918. The van der Waals surface area contributed by atoms with E-state index in [1.54, 1.807) is 17.0 Å². The number of hydrogen-bond donors (Lipinski definition) is 2. The van der Waals surface area contributed by atoms with E-state index in [-0.39, 0.29) is 48.2 Å². The van der Waals surface area contributed by atoms with E-state index in [1.807, 2.05) is 20.8 Å². The lowest BCUT2D eigenvalue weighted by Crippen LogP contribution is -2.49. The Morgan fingerprint density at radius 1 is 1.19 bits per heavy atom. The minimum Gasteiger partial charge on any atom is -0.354 e. The molecule has 9 nitrogen and oxygen atoms in total. The summed E-state index contributed by atoms with van der Waals surface area (Å²) in [6, 6.07) is 6.03. The summed E-state index contributed by atoms with van der Waals surface area (Å²) < 4.78 is 26.9. The molecule has 0 aromatic heterocycles. The molecule has 2 N–H and O–H groups in total. The topological polar surface area (TPSA) is 116 Å². The average molecular weight is 451 g/mol. The van der Waals surface area contributed by atoms with Gasteiger partial charge >= 0.3 is 0 Å². The highest BCUT2D eigenvalue weighted by Gasteiger charge is 2.34. The maximum atomic E-state index is 12.9. The Bertz CT molecular complexity index is 970. The molecule has 0 saturated carbocycles. The van der Waals surface area contributed by atoms with Gasteiger partial charge in [0.15, 0.2) is 0 Å². The average Bonchev–Trinajstić information content (AvgIpc) is 2.73. The van der Waals surface area contributed by atoms with Gasteiger partial charge in [0.25, 0.3) is 0 Å². The number of nitrogens with one attached hydrogen (secondary N) is 2. The number of rotatable bonds is 4. The normalized spacial score (nSPS) is 20.8. The minimum atomic E-state index is -3.85. The lowest BCUT2D eigenvalue weighted by molar-refractivity contribution is -0.142. The molecule has 170 valence electrons. The van der Waals surface area contributed by atoms with Crippen molar-refractivity contribution in [3.63, 3.8) is 0 Å². The number of nitrogens with zero attached hydrogens (tertiary/aromatic N) is 2. The van der Waals surface area contributed by atoms with E-state index in [4.69, 9.17) is 0 Å². The molecule has 3 rings (SSSR count). The monoisotopic (exact) mass is 450 g/mol. The van der Waals surface area contributed by atoms with Gasteiger partial charge in [-0.25, -0.2) is 8.42 Å². The zero-order valence-electron chi connectivity index (χ0n) is 18.2. The first-order chi connectivity index (χ1) is 14.5. The van der Waals surface area contributed by atoms with Crippen molar-refractivity contribution in [2.75, 3.05) is 38.0 Å². The van der Waals surface area contributed by atoms with Crippen LogP contribution in [0.1, 0.15) is 33.6 Å². The van der Waals surface area contributed by atoms with Crippen molar-refractivity contribution < 1.29 is 22.8 Å². The van der Waals surface area contributed by atoms with Crippen LogP contribution in [0.15, 0.2) is 29.2 Å². The molecule has 2 aliphatic rings. The number of amides is 3. The zero-order valence-corrected chi connectivity index (χ0v) is 19.0. The molecule has 2 saturated heterocycles. The van der Waals surface area contributed by atoms with Crippen molar-refractivity contribution in [1.82, 2.24) is 14.5 Å². The lowest BCUT2D eigenvalue weighted by Gasteiger charge is -2.35. The molecule has 1 aromatic carbocycles. The lowest BCUT2D eigenvalue weighted by atomic mass is 9.91. The van der Waals surface area contributed by atoms with Gasteiger partial charge in [0.05, 0.1) is 17.4 Å². The molecule has 0 bridgehead atoms. The van der Waals surface area contributed by atoms with Crippen molar-refractivity contribution in [1.29, 1.82) is 0 Å². The summed E-state index contributed by atoms with van der Waals surface area (Å²) in [5, 5.41) is 5.39. The van der Waals surface area contributed by atoms with Gasteiger partial charge in [-0.1, -0.05) is 26.8 Å². The number of hydrogen-bond acceptors (Lipinski definition) is 5. The van der Waals surface area contributed by atoms with E-state index in [9.17, 15) is 22.8 Å². The number of likely N-dealkylation sites (tertiary alicyclic amines) is 1. The Labute approximate surface area is 183 Å². The molecule has 31 heavy (non-hydrogen) atoms. The van der Waals surface area contributed by atoms with E-state index in [1.165, 1.54) is 12.1 Å². The first kappa shape index (κ1) is 23.2. The van der Waals surface area contributed by atoms with Gasteiger partial charge in [0.2, 0.25) is 27.7 Å². The van der Waals surface area contributed by atoms with E-state index in [2.05, 4.69) is 10.6 Å². The van der Waals surface area contributed by atoms with Gasteiger partial charge in [-0.15, -0.1) is 0 Å². The number of carbonyl (C=O) groups excluding carboxylic acids is 3. The highest BCUT2D eigenvalue weighted by molar-refractivity contribution is 7.89. The molecule has 2 heterocycles. The SMILES string of the molecule is CC(C)(C)C(=O)N1CCCC(C(=O)Nc2cccc(S(=O)(=O)N3CCNC(=O)C3)c2)C1. The fourth-order valence-electron chi connectivity index (χ4n) is 3.80. The van der Waals surface area contributed by atoms with Gasteiger partial charge in [0, 0.05) is 37.3 Å². The summed E-state index contributed by atoms with van der Waals surface area (Å²) in [5.41, 5.74) is -0.140. The molecular formula is C21H30N4O5S. The Balaban J connectivity index is 1.70. The van der Waals surface area contributed by atoms with Gasteiger partial charge < -0.3 is 15.5 Å². The van der Waals surface area contributed by atoms with E-state index < -0.39 is 15.4 Å². The third kappa shape index (κ3) is 5.43. The van der Waals surface area contributed by atoms with Gasteiger partial charge in [-0.2, -0.15) is 4.31 Å². The van der Waals surface area contributed by atoms with Crippen LogP contribution in [-0.4, -0.2) is 68.1 Å². The molecule has 3 amide bonds. The number of piperidine rings is 1. The van der Waals surface area contributed by atoms with Crippen LogP contribution in [-0.2, 0) is 24.4 Å². The third-order valence-electron chi connectivity index (χ3n) is 5.46. The standard InChI is InChI=1S/C21H30N4O5S/c1-21(2,3)20(28)24-10-5-6-15(13-24)19(27)23-16-7-4-8-17(12-16)31(29,30)25-11-9-22-18(26)14-25/h4,7-8,12,15H,5-6,9-11,13-14H2,1-3H3,(H,22,26)(H,23,27). The highest BCUT2D eigenvalue weighted by atomic mass is 32.2. The van der Waals surface area contributed by atoms with Crippen LogP contribution < -0.4 is 10.6 Å². The third-order valence-corrected chi connectivity index (χ3v) is 7.30. The number of carbonyl (C=O) groups is 3. The molecule has 1 unspecified atom stereocenters. The first-order valence-corrected chi connectivity index (χ1v) is 11.9. The molecule has 2 fully saturated rings. The first-order valence-electron chi connectivity index (χ1n) is 10.5. The molecule has 1 aromatic rings. The van der Waals surface area contributed by atoms with Crippen molar-refractivity contribution >= 4 is 33.4 Å². The van der Waals surface area contributed by atoms with Crippen LogP contribution in [0.2, 0.25) is 0 Å². The second-order valence-electron chi connectivity index (χ2n) is 9.05. The maximum absolute atomic E-state index is 12.9. The Morgan fingerprint density at radius 2 is 1.94 bits per heavy atom. The van der Waals surface area contributed by atoms with Crippen molar-refractivity contribution in [3.8, 4) is 0 Å². The van der Waals surface area contributed by atoms with Crippen LogP contribution in [0.5, 0.6) is 0 Å². The smallest absolute Gasteiger partial charge is 0.243 e. The quantitative estimate of drug-likeness (QED) is 0.711. The summed E-state index contributed by atoms with van der Waals surface area (Å²) >= 11 is 0. The molecule has 2 aliphatic heterocycles. The van der Waals surface area contributed by atoms with Crippen LogP contribution in [0.25, 0.3) is 0 Å². The Morgan fingerprint density at radius 3 is 2.61 bits per heavy atom. The van der Waals surface area contributed by atoms with Gasteiger partial charge in [-0.05, 0) is 31.0 Å². The van der Waals surface area contributed by atoms with Crippen molar-refractivity contribution in [2.24, 2.45) is 11.3 Å². The number of piperazine rings is 1. The molecule has 0 radical (unpaired) electrons. The van der Waals surface area contributed by atoms with Crippen LogP contribution in [0, 0.1) is 11.3 Å². The summed E-state index contributed by atoms with van der Waals surface area (Å²) in [4.78, 5) is 38.7.